The summed E-state index contributed by atoms with van der Waals surface area (Å²) in [4.78, 5) is 14.9. The summed E-state index contributed by atoms with van der Waals surface area (Å²) in [6, 6.07) is 5.98. The van der Waals surface area contributed by atoms with Gasteiger partial charge in [0.15, 0.2) is 0 Å². The van der Waals surface area contributed by atoms with E-state index in [9.17, 15) is 15.0 Å². The molecule has 1 aromatic carbocycles. The molecule has 1 heterocycles. The lowest BCUT2D eigenvalue weighted by molar-refractivity contribution is 0.0789. The second-order valence-electron chi connectivity index (χ2n) is 7.60. The number of benzene rings is 1. The number of hydrogen-bond donors (Lipinski definition) is 3. The highest BCUT2D eigenvalue weighted by atomic mass is 16.3. The van der Waals surface area contributed by atoms with Gasteiger partial charge in [0.2, 0.25) is 0 Å². The Labute approximate surface area is 150 Å². The molecule has 0 unspecified atom stereocenters. The van der Waals surface area contributed by atoms with Crippen LogP contribution in [0.1, 0.15) is 55.3 Å². The maximum Gasteiger partial charge on any atom is 0.251 e. The SMILES string of the molecule is O=C(N[C@@H]1CN(CC2CCCCC2)CCC[C@H]1O)c1ccc(O)cc1. The van der Waals surface area contributed by atoms with Crippen molar-refractivity contribution < 1.29 is 15.0 Å². The fourth-order valence-electron chi connectivity index (χ4n) is 4.12. The second kappa shape index (κ2) is 8.68. The molecule has 0 bridgehead atoms. The molecular formula is C20H30N2O3. The smallest absolute Gasteiger partial charge is 0.251 e. The van der Waals surface area contributed by atoms with Crippen LogP contribution in [0.15, 0.2) is 24.3 Å². The van der Waals surface area contributed by atoms with Crippen molar-refractivity contribution in [1.29, 1.82) is 0 Å². The first-order valence-electron chi connectivity index (χ1n) is 9.62. The van der Waals surface area contributed by atoms with E-state index in [0.717, 1.165) is 31.8 Å². The summed E-state index contributed by atoms with van der Waals surface area (Å²) in [7, 11) is 0. The number of nitrogens with one attached hydrogen (secondary N) is 1. The van der Waals surface area contributed by atoms with Crippen LogP contribution in [0.4, 0.5) is 0 Å². The molecule has 25 heavy (non-hydrogen) atoms. The lowest BCUT2D eigenvalue weighted by Gasteiger charge is -2.31. The molecule has 1 aliphatic heterocycles. The molecule has 2 aliphatic rings. The Morgan fingerprint density at radius 2 is 1.80 bits per heavy atom. The first kappa shape index (κ1) is 18.2. The van der Waals surface area contributed by atoms with Gasteiger partial charge < -0.3 is 20.4 Å². The van der Waals surface area contributed by atoms with E-state index in [1.54, 1.807) is 12.1 Å². The summed E-state index contributed by atoms with van der Waals surface area (Å²) in [6.45, 7) is 2.79. The number of carbonyl (C=O) groups excluding carboxylic acids is 1. The number of phenolic OH excluding ortho intramolecular Hbond substituents is 1. The molecule has 138 valence electrons. The zero-order valence-corrected chi connectivity index (χ0v) is 14.9. The minimum absolute atomic E-state index is 0.143. The molecular weight excluding hydrogens is 316 g/mol. The Kier molecular flexibility index (Phi) is 6.32. The van der Waals surface area contributed by atoms with E-state index >= 15 is 0 Å². The maximum absolute atomic E-state index is 12.5. The lowest BCUT2D eigenvalue weighted by Crippen LogP contribution is -2.49. The lowest BCUT2D eigenvalue weighted by atomic mass is 9.89. The number of phenols is 1. The summed E-state index contributed by atoms with van der Waals surface area (Å²) >= 11 is 0. The highest BCUT2D eigenvalue weighted by molar-refractivity contribution is 5.94. The van der Waals surface area contributed by atoms with Crippen LogP contribution in [0.2, 0.25) is 0 Å². The summed E-state index contributed by atoms with van der Waals surface area (Å²) in [5, 5.41) is 22.8. The van der Waals surface area contributed by atoms with Crippen molar-refractivity contribution in [3.63, 3.8) is 0 Å². The van der Waals surface area contributed by atoms with Crippen LogP contribution in [0, 0.1) is 5.92 Å². The van der Waals surface area contributed by atoms with Gasteiger partial charge in [-0.15, -0.1) is 0 Å². The Hall–Kier alpha value is -1.59. The number of carbonyl (C=O) groups is 1. The Morgan fingerprint density at radius 3 is 2.52 bits per heavy atom. The fourth-order valence-corrected chi connectivity index (χ4v) is 4.12. The monoisotopic (exact) mass is 346 g/mol. The zero-order chi connectivity index (χ0) is 17.6. The number of nitrogens with zero attached hydrogens (tertiary/aromatic N) is 1. The Balaban J connectivity index is 1.59. The Bertz CT molecular complexity index is 555. The van der Waals surface area contributed by atoms with Crippen molar-refractivity contribution in [3.8, 4) is 5.75 Å². The van der Waals surface area contributed by atoms with E-state index in [0.29, 0.717) is 12.1 Å². The molecule has 1 saturated carbocycles. The van der Waals surface area contributed by atoms with E-state index < -0.39 is 6.10 Å². The van der Waals surface area contributed by atoms with E-state index in [4.69, 9.17) is 0 Å². The molecule has 0 aromatic heterocycles. The van der Waals surface area contributed by atoms with Gasteiger partial charge in [0.05, 0.1) is 12.1 Å². The van der Waals surface area contributed by atoms with Crippen molar-refractivity contribution in [3.05, 3.63) is 29.8 Å². The molecule has 3 N–H and O–H groups in total. The molecule has 0 spiro atoms. The quantitative estimate of drug-likeness (QED) is 0.783. The molecule has 3 rings (SSSR count). The van der Waals surface area contributed by atoms with Crippen LogP contribution in [0.25, 0.3) is 0 Å². The molecule has 5 nitrogen and oxygen atoms in total. The van der Waals surface area contributed by atoms with Crippen molar-refractivity contribution in [2.24, 2.45) is 5.92 Å². The topological polar surface area (TPSA) is 72.8 Å². The largest absolute Gasteiger partial charge is 0.508 e. The van der Waals surface area contributed by atoms with Crippen molar-refractivity contribution >= 4 is 5.91 Å². The molecule has 1 saturated heterocycles. The van der Waals surface area contributed by atoms with E-state index in [2.05, 4.69) is 10.2 Å². The number of rotatable bonds is 4. The number of hydrogen-bond acceptors (Lipinski definition) is 4. The number of likely N-dealkylation sites (tertiary alicyclic amines) is 1. The number of amides is 1. The third-order valence-corrected chi connectivity index (χ3v) is 5.58. The third-order valence-electron chi connectivity index (χ3n) is 5.58. The van der Waals surface area contributed by atoms with Crippen LogP contribution < -0.4 is 5.32 Å². The minimum atomic E-state index is -0.502. The van der Waals surface area contributed by atoms with E-state index in [-0.39, 0.29) is 17.7 Å². The average molecular weight is 346 g/mol. The van der Waals surface area contributed by atoms with Gasteiger partial charge in [0, 0.05) is 18.7 Å². The summed E-state index contributed by atoms with van der Waals surface area (Å²) in [6.07, 6.45) is 7.84. The maximum atomic E-state index is 12.5. The van der Waals surface area contributed by atoms with Crippen molar-refractivity contribution in [1.82, 2.24) is 10.2 Å². The van der Waals surface area contributed by atoms with Gasteiger partial charge >= 0.3 is 0 Å². The fraction of sp³-hybridized carbons (Fsp3) is 0.650. The first-order valence-corrected chi connectivity index (χ1v) is 9.62. The number of aromatic hydroxyl groups is 1. The minimum Gasteiger partial charge on any atom is -0.508 e. The predicted octanol–water partition coefficient (Wildman–Crippen LogP) is 2.53. The van der Waals surface area contributed by atoms with Crippen LogP contribution >= 0.6 is 0 Å². The molecule has 0 radical (unpaired) electrons. The zero-order valence-electron chi connectivity index (χ0n) is 14.9. The predicted molar refractivity (Wildman–Crippen MR) is 97.6 cm³/mol. The van der Waals surface area contributed by atoms with Crippen molar-refractivity contribution in [2.75, 3.05) is 19.6 Å². The van der Waals surface area contributed by atoms with E-state index in [1.807, 2.05) is 0 Å². The average Bonchev–Trinajstić information content (AvgIpc) is 2.78. The van der Waals surface area contributed by atoms with Gasteiger partial charge in [-0.25, -0.2) is 0 Å². The van der Waals surface area contributed by atoms with Crippen molar-refractivity contribution in [2.45, 2.75) is 57.1 Å². The molecule has 5 heteroatoms. The first-order chi connectivity index (χ1) is 12.1. The van der Waals surface area contributed by atoms with Crippen LogP contribution in [0.3, 0.4) is 0 Å². The molecule has 2 atom stereocenters. The number of aliphatic hydroxyl groups is 1. The highest BCUT2D eigenvalue weighted by Gasteiger charge is 2.28. The van der Waals surface area contributed by atoms with E-state index in [1.165, 1.54) is 44.2 Å². The highest BCUT2D eigenvalue weighted by Crippen LogP contribution is 2.25. The second-order valence-corrected chi connectivity index (χ2v) is 7.60. The van der Waals surface area contributed by atoms with Gasteiger partial charge in [-0.05, 0) is 62.4 Å². The molecule has 2 fully saturated rings. The molecule has 1 aromatic rings. The third kappa shape index (κ3) is 5.19. The van der Waals surface area contributed by atoms with Gasteiger partial charge in [-0.1, -0.05) is 19.3 Å². The number of aliphatic hydroxyl groups excluding tert-OH is 1. The van der Waals surface area contributed by atoms with Crippen LogP contribution in [-0.4, -0.2) is 52.8 Å². The molecule has 1 amide bonds. The summed E-state index contributed by atoms with van der Waals surface area (Å²) < 4.78 is 0. The van der Waals surface area contributed by atoms with Gasteiger partial charge in [0.25, 0.3) is 5.91 Å². The summed E-state index contributed by atoms with van der Waals surface area (Å²) in [5.74, 6) is 0.714. The van der Waals surface area contributed by atoms with Crippen LogP contribution in [0.5, 0.6) is 5.75 Å². The normalized spacial score (nSPS) is 26.1. The Morgan fingerprint density at radius 1 is 1.08 bits per heavy atom. The van der Waals surface area contributed by atoms with Gasteiger partial charge in [-0.3, -0.25) is 4.79 Å². The van der Waals surface area contributed by atoms with Gasteiger partial charge in [-0.2, -0.15) is 0 Å². The standard InChI is InChI=1S/C20H30N2O3/c23-17-10-8-16(9-11-17)20(25)21-18-14-22(12-4-7-19(18)24)13-15-5-2-1-3-6-15/h8-11,15,18-19,23-24H,1-7,12-14H2,(H,21,25)/t18-,19-/m1/s1. The summed E-state index contributed by atoms with van der Waals surface area (Å²) in [5.41, 5.74) is 0.507. The van der Waals surface area contributed by atoms with Crippen LogP contribution in [-0.2, 0) is 0 Å². The van der Waals surface area contributed by atoms with Gasteiger partial charge in [0.1, 0.15) is 5.75 Å². The molecule has 1 aliphatic carbocycles.